The van der Waals surface area contributed by atoms with E-state index in [1.165, 1.54) is 49.4 Å². The Balaban J connectivity index is 1.03. The van der Waals surface area contributed by atoms with E-state index in [-0.39, 0.29) is 11.8 Å². The first-order chi connectivity index (χ1) is 33.1. The maximum Gasteiger partial charge on any atom is 0.162 e. The third kappa shape index (κ3) is 5.87. The maximum absolute atomic E-state index is 7.13. The Morgan fingerprint density at radius 3 is 1.91 bits per heavy atom. The summed E-state index contributed by atoms with van der Waals surface area (Å²) >= 11 is 0. The molecule has 3 aromatic heterocycles. The van der Waals surface area contributed by atoms with Crippen molar-refractivity contribution < 1.29 is 8.83 Å². The van der Waals surface area contributed by atoms with Crippen LogP contribution in [0, 0.1) is 5.92 Å². The van der Waals surface area contributed by atoms with Gasteiger partial charge in [-0.05, 0) is 101 Å². The number of rotatable bonds is 4. The molecule has 5 nitrogen and oxygen atoms in total. The molecule has 2 atom stereocenters. The van der Waals surface area contributed by atoms with Crippen molar-refractivity contribution in [2.45, 2.75) is 32.1 Å². The minimum atomic E-state index is 0.0319. The van der Waals surface area contributed by atoms with Crippen LogP contribution in [0.1, 0.15) is 53.5 Å². The molecule has 5 heteroatoms. The second kappa shape index (κ2) is 14.9. The van der Waals surface area contributed by atoms with E-state index >= 15 is 0 Å². The van der Waals surface area contributed by atoms with Crippen LogP contribution in [0.4, 0.5) is 0 Å². The Bertz CT molecular complexity index is 4060. The quantitative estimate of drug-likeness (QED) is 0.177. The molecule has 318 valence electrons. The van der Waals surface area contributed by atoms with Gasteiger partial charge in [-0.1, -0.05) is 153 Å². The average Bonchev–Trinajstić information content (AvgIpc) is 4.03. The first-order valence-corrected chi connectivity index (χ1v) is 23.5. The van der Waals surface area contributed by atoms with Gasteiger partial charge >= 0.3 is 0 Å². The third-order valence-electron chi connectivity index (χ3n) is 14.5. The number of amidine groups is 1. The van der Waals surface area contributed by atoms with Crippen LogP contribution in [0.15, 0.2) is 213 Å². The Morgan fingerprint density at radius 2 is 1.12 bits per heavy atom. The number of hydrogen-bond donors (Lipinski definition) is 0. The summed E-state index contributed by atoms with van der Waals surface area (Å²) in [6.45, 7) is 2.29. The number of allylic oxidation sites excluding steroid dienone is 1. The summed E-state index contributed by atoms with van der Waals surface area (Å²) < 4.78 is 15.9. The summed E-state index contributed by atoms with van der Waals surface area (Å²) in [5.41, 5.74) is 15.1. The number of furan rings is 2. The van der Waals surface area contributed by atoms with Crippen molar-refractivity contribution in [1.29, 1.82) is 0 Å². The summed E-state index contributed by atoms with van der Waals surface area (Å²) in [6.07, 6.45) is 4.94. The lowest BCUT2D eigenvalue weighted by atomic mass is 9.84. The van der Waals surface area contributed by atoms with Gasteiger partial charge in [-0.2, -0.15) is 0 Å². The zero-order chi connectivity index (χ0) is 44.2. The summed E-state index contributed by atoms with van der Waals surface area (Å²) in [5, 5.41) is 9.16. The lowest BCUT2D eigenvalue weighted by molar-refractivity contribution is 0.647. The van der Waals surface area contributed by atoms with Crippen LogP contribution in [-0.2, 0) is 6.42 Å². The molecule has 2 aliphatic rings. The van der Waals surface area contributed by atoms with Crippen molar-refractivity contribution in [3.8, 4) is 11.1 Å². The topological polar surface area (TPSA) is 55.9 Å². The number of benzene rings is 9. The van der Waals surface area contributed by atoms with Gasteiger partial charge in [-0.25, -0.2) is 9.98 Å². The molecule has 0 amide bonds. The van der Waals surface area contributed by atoms with E-state index < -0.39 is 0 Å². The fourth-order valence-corrected chi connectivity index (χ4v) is 11.4. The predicted octanol–water partition coefficient (Wildman–Crippen LogP) is 16.3. The van der Waals surface area contributed by atoms with Crippen LogP contribution in [0.3, 0.4) is 0 Å². The molecule has 0 bridgehead atoms. The molecule has 67 heavy (non-hydrogen) atoms. The molecule has 14 rings (SSSR count). The van der Waals surface area contributed by atoms with E-state index in [4.69, 9.17) is 18.8 Å². The highest BCUT2D eigenvalue weighted by atomic mass is 16.3. The normalized spacial score (nSPS) is 18.9. The summed E-state index contributed by atoms with van der Waals surface area (Å²) in [5.74, 6) is 1.61. The fraction of sp³-hybridized carbons (Fsp3) is 0.0968. The first-order valence-electron chi connectivity index (χ1n) is 23.5. The van der Waals surface area contributed by atoms with E-state index in [1.807, 2.05) is 12.1 Å². The van der Waals surface area contributed by atoms with Gasteiger partial charge in [-0.3, -0.25) is 4.57 Å². The van der Waals surface area contributed by atoms with E-state index in [1.54, 1.807) is 0 Å². The van der Waals surface area contributed by atoms with Crippen LogP contribution >= 0.6 is 0 Å². The minimum absolute atomic E-state index is 0.0319. The molecule has 0 saturated heterocycles. The maximum atomic E-state index is 7.13. The van der Waals surface area contributed by atoms with Gasteiger partial charge in [0.2, 0.25) is 0 Å². The number of aromatic nitrogens is 1. The third-order valence-corrected chi connectivity index (χ3v) is 14.5. The summed E-state index contributed by atoms with van der Waals surface area (Å²) in [6, 6.07) is 67.5. The largest absolute Gasteiger partial charge is 0.456 e. The zero-order valence-corrected chi connectivity index (χ0v) is 36.9. The number of para-hydroxylation sites is 4. The van der Waals surface area contributed by atoms with Crippen molar-refractivity contribution >= 4 is 93.8 Å². The van der Waals surface area contributed by atoms with Crippen molar-refractivity contribution in [2.75, 3.05) is 0 Å². The predicted molar refractivity (Wildman–Crippen MR) is 278 cm³/mol. The van der Waals surface area contributed by atoms with Gasteiger partial charge in [0.1, 0.15) is 28.2 Å². The molecule has 4 heterocycles. The van der Waals surface area contributed by atoms with Crippen LogP contribution < -0.4 is 0 Å². The molecular formula is C62H43N3O2. The van der Waals surface area contributed by atoms with Crippen molar-refractivity contribution in [3.63, 3.8) is 0 Å². The van der Waals surface area contributed by atoms with Crippen LogP contribution in [0.5, 0.6) is 0 Å². The number of fused-ring (bicyclic) bond motifs is 13. The summed E-state index contributed by atoms with van der Waals surface area (Å²) in [4.78, 5) is 11.6. The molecule has 9 aromatic carbocycles. The summed E-state index contributed by atoms with van der Waals surface area (Å²) in [7, 11) is 0. The molecule has 12 aromatic rings. The number of aryl methyl sites for hydroxylation is 1. The highest BCUT2D eigenvalue weighted by Crippen LogP contribution is 2.47. The Labute approximate surface area is 386 Å². The highest BCUT2D eigenvalue weighted by Gasteiger charge is 2.30. The van der Waals surface area contributed by atoms with E-state index in [2.05, 4.69) is 193 Å². The SMILES string of the molecule is CC1C/C=C(n2c3ccccc3c3ccccc32)/N=C(c2ccc(C3CCc4cc5ccccc5cc4-c4ccccc43)c3oc4ccccc4c23)\N=C/1c1cccc2oc3ccccc3c12. The van der Waals surface area contributed by atoms with Gasteiger partial charge < -0.3 is 8.83 Å². The molecule has 0 fully saturated rings. The lowest BCUT2D eigenvalue weighted by Crippen LogP contribution is -2.18. The Morgan fingerprint density at radius 1 is 0.493 bits per heavy atom. The van der Waals surface area contributed by atoms with Crippen molar-refractivity contribution in [2.24, 2.45) is 15.9 Å². The van der Waals surface area contributed by atoms with Gasteiger partial charge in [-0.15, -0.1) is 0 Å². The Hall–Kier alpha value is -8.28. The molecule has 0 saturated carbocycles. The van der Waals surface area contributed by atoms with Crippen LogP contribution in [-0.4, -0.2) is 16.1 Å². The second-order valence-electron chi connectivity index (χ2n) is 18.3. The van der Waals surface area contributed by atoms with Crippen LogP contribution in [0.2, 0.25) is 0 Å². The first kappa shape index (κ1) is 38.0. The van der Waals surface area contributed by atoms with Crippen molar-refractivity contribution in [1.82, 2.24) is 4.57 Å². The highest BCUT2D eigenvalue weighted by molar-refractivity contribution is 6.26. The molecule has 0 radical (unpaired) electrons. The standard InChI is InChI=1S/C62H43N3O2/c1-37-29-34-57(65-52-24-10-6-19-44(52)45-20-7-11-25-53(45)65)63-62(64-60(37)49-23-14-28-56-58(49)47-21-8-12-26-54(47)66-56)50-33-32-46(61-59(50)48-22-9-13-27-55(48)67-61)43-31-30-40-35-38-15-2-3-16-39(38)36-51(40)42-18-5-4-17-41(42)43/h2-28,32-37,43H,29-31H2,1H3/b57-34-,63-62-,64-60+. The molecule has 1 aliphatic heterocycles. The Kier molecular flexibility index (Phi) is 8.45. The second-order valence-corrected chi connectivity index (χ2v) is 18.3. The molecular weight excluding hydrogens is 819 g/mol. The van der Waals surface area contributed by atoms with E-state index in [0.29, 0.717) is 5.84 Å². The molecule has 0 N–H and O–H groups in total. The average molecular weight is 862 g/mol. The minimum Gasteiger partial charge on any atom is -0.456 e. The fourth-order valence-electron chi connectivity index (χ4n) is 11.4. The number of aliphatic imine (C=N–C) groups is 2. The van der Waals surface area contributed by atoms with Gasteiger partial charge in [0.05, 0.1) is 16.7 Å². The lowest BCUT2D eigenvalue weighted by Gasteiger charge is -2.21. The zero-order valence-electron chi connectivity index (χ0n) is 36.9. The molecule has 0 spiro atoms. The van der Waals surface area contributed by atoms with Gasteiger partial charge in [0.25, 0.3) is 0 Å². The van der Waals surface area contributed by atoms with Crippen LogP contribution in [0.25, 0.3) is 93.4 Å². The smallest absolute Gasteiger partial charge is 0.162 e. The van der Waals surface area contributed by atoms with E-state index in [0.717, 1.165) is 96.8 Å². The monoisotopic (exact) mass is 861 g/mol. The van der Waals surface area contributed by atoms with E-state index in [9.17, 15) is 0 Å². The molecule has 2 unspecified atom stereocenters. The number of nitrogens with zero attached hydrogens (tertiary/aromatic N) is 3. The number of hydrogen-bond acceptors (Lipinski definition) is 4. The van der Waals surface area contributed by atoms with Gasteiger partial charge in [0.15, 0.2) is 5.84 Å². The van der Waals surface area contributed by atoms with Crippen molar-refractivity contribution in [3.05, 3.63) is 222 Å². The van der Waals surface area contributed by atoms with Gasteiger partial charge in [0, 0.05) is 60.8 Å². The molecule has 1 aliphatic carbocycles.